The molecule has 1 N–H and O–H groups in total. The maximum Gasteiger partial charge on any atom is 0.164 e. The topological polar surface area (TPSA) is 37.5 Å². The zero-order valence-corrected chi connectivity index (χ0v) is 11.9. The molecule has 2 aromatic rings. The molecule has 102 valence electrons. The molecule has 1 aromatic carbocycles. The molecule has 1 aliphatic carbocycles. The first kappa shape index (κ1) is 12.4. The Balaban J connectivity index is 2.24. The number of aromatic amines is 1. The summed E-state index contributed by atoms with van der Waals surface area (Å²) in [5.74, 6) is 1.68. The van der Waals surface area contributed by atoms with Crippen molar-refractivity contribution in [1.29, 1.82) is 0 Å². The molecule has 0 fully saturated rings. The predicted molar refractivity (Wildman–Crippen MR) is 76.3 cm³/mol. The molecule has 4 heteroatoms. The molecule has 1 aliphatic rings. The van der Waals surface area contributed by atoms with Crippen molar-refractivity contribution in [3.8, 4) is 11.5 Å². The Hall–Kier alpha value is -1.68. The summed E-state index contributed by atoms with van der Waals surface area (Å²) in [6, 6.07) is 2.53. The number of aromatic nitrogens is 1. The summed E-state index contributed by atoms with van der Waals surface area (Å²) < 4.78 is 11.1. The maximum absolute atomic E-state index is 5.60. The van der Waals surface area contributed by atoms with Crippen LogP contribution in [0.4, 0.5) is 0 Å². The molecule has 0 radical (unpaired) electrons. The average molecular weight is 260 g/mol. The molecule has 0 saturated carbocycles. The fourth-order valence-electron chi connectivity index (χ4n) is 3.07. The number of methoxy groups -OCH3 is 2. The Labute approximate surface area is 113 Å². The maximum atomic E-state index is 5.60. The highest BCUT2D eigenvalue weighted by molar-refractivity contribution is 5.91. The van der Waals surface area contributed by atoms with Gasteiger partial charge < -0.3 is 19.4 Å². The van der Waals surface area contributed by atoms with E-state index >= 15 is 0 Å². The van der Waals surface area contributed by atoms with Crippen LogP contribution in [0.25, 0.3) is 10.9 Å². The molecule has 4 nitrogen and oxygen atoms in total. The molecular formula is C15H20N2O2. The Kier molecular flexibility index (Phi) is 2.90. The lowest BCUT2D eigenvalue weighted by molar-refractivity contribution is 0.282. The van der Waals surface area contributed by atoms with Gasteiger partial charge >= 0.3 is 0 Å². The summed E-state index contributed by atoms with van der Waals surface area (Å²) in [5.41, 5.74) is 3.77. The van der Waals surface area contributed by atoms with Gasteiger partial charge in [0.1, 0.15) is 0 Å². The Morgan fingerprint density at radius 3 is 2.63 bits per heavy atom. The van der Waals surface area contributed by atoms with Gasteiger partial charge in [-0.2, -0.15) is 0 Å². The van der Waals surface area contributed by atoms with E-state index in [0.717, 1.165) is 29.9 Å². The van der Waals surface area contributed by atoms with Gasteiger partial charge in [-0.3, -0.25) is 0 Å². The lowest BCUT2D eigenvalue weighted by Crippen LogP contribution is -2.34. The van der Waals surface area contributed by atoms with Crippen LogP contribution in [0.2, 0.25) is 0 Å². The number of rotatable bonds is 3. The molecule has 0 spiro atoms. The van der Waals surface area contributed by atoms with Crippen molar-refractivity contribution in [2.24, 2.45) is 0 Å². The summed E-state index contributed by atoms with van der Waals surface area (Å²) >= 11 is 0. The van der Waals surface area contributed by atoms with Crippen molar-refractivity contribution in [2.75, 3.05) is 28.3 Å². The van der Waals surface area contributed by atoms with Crippen molar-refractivity contribution in [3.05, 3.63) is 23.4 Å². The highest BCUT2D eigenvalue weighted by atomic mass is 16.5. The molecular weight excluding hydrogens is 240 g/mol. The zero-order chi connectivity index (χ0) is 13.6. The second kappa shape index (κ2) is 4.46. The van der Waals surface area contributed by atoms with Gasteiger partial charge in [-0.05, 0) is 32.5 Å². The highest BCUT2D eigenvalue weighted by Gasteiger charge is 2.27. The normalized spacial score (nSPS) is 18.1. The SMILES string of the molecule is COc1cc2[nH]cc3c2c(c1OC)CC(N(C)C)C3. The van der Waals surface area contributed by atoms with E-state index in [1.54, 1.807) is 14.2 Å². The molecule has 0 saturated heterocycles. The fourth-order valence-corrected chi connectivity index (χ4v) is 3.07. The van der Waals surface area contributed by atoms with E-state index in [1.807, 2.05) is 6.07 Å². The number of hydrogen-bond acceptors (Lipinski definition) is 3. The van der Waals surface area contributed by atoms with Crippen molar-refractivity contribution < 1.29 is 9.47 Å². The second-order valence-electron chi connectivity index (χ2n) is 5.35. The Bertz CT molecular complexity index is 616. The molecule has 1 atom stereocenters. The monoisotopic (exact) mass is 260 g/mol. The van der Waals surface area contributed by atoms with E-state index in [9.17, 15) is 0 Å². The third-order valence-corrected chi connectivity index (χ3v) is 4.12. The molecule has 3 rings (SSSR count). The van der Waals surface area contributed by atoms with E-state index in [1.165, 1.54) is 16.5 Å². The average Bonchev–Trinajstić information content (AvgIpc) is 2.82. The number of nitrogens with zero attached hydrogens (tertiary/aromatic N) is 1. The summed E-state index contributed by atoms with van der Waals surface area (Å²) in [7, 11) is 7.66. The van der Waals surface area contributed by atoms with Gasteiger partial charge in [-0.15, -0.1) is 0 Å². The molecule has 1 unspecified atom stereocenters. The number of benzene rings is 1. The first-order valence-corrected chi connectivity index (χ1v) is 6.56. The number of H-pyrrole nitrogens is 1. The minimum atomic E-state index is 0.507. The fraction of sp³-hybridized carbons (Fsp3) is 0.467. The lowest BCUT2D eigenvalue weighted by Gasteiger charge is -2.29. The van der Waals surface area contributed by atoms with E-state index in [2.05, 4.69) is 30.2 Å². The van der Waals surface area contributed by atoms with E-state index in [-0.39, 0.29) is 0 Å². The minimum absolute atomic E-state index is 0.507. The Morgan fingerprint density at radius 1 is 1.21 bits per heavy atom. The Morgan fingerprint density at radius 2 is 2.00 bits per heavy atom. The molecule has 1 heterocycles. The second-order valence-corrected chi connectivity index (χ2v) is 5.35. The van der Waals surface area contributed by atoms with Gasteiger partial charge in [0, 0.05) is 34.8 Å². The zero-order valence-electron chi connectivity index (χ0n) is 11.9. The van der Waals surface area contributed by atoms with Gasteiger partial charge in [0.25, 0.3) is 0 Å². The first-order chi connectivity index (χ1) is 9.15. The van der Waals surface area contributed by atoms with Crippen molar-refractivity contribution >= 4 is 10.9 Å². The van der Waals surface area contributed by atoms with Crippen LogP contribution in [0.3, 0.4) is 0 Å². The molecule has 0 amide bonds. The number of nitrogens with one attached hydrogen (secondary N) is 1. The number of likely N-dealkylation sites (N-methyl/N-ethyl adjacent to an activating group) is 1. The van der Waals surface area contributed by atoms with Crippen LogP contribution in [0.1, 0.15) is 11.1 Å². The quantitative estimate of drug-likeness (QED) is 0.919. The number of hydrogen-bond donors (Lipinski definition) is 1. The van der Waals surface area contributed by atoms with Gasteiger partial charge in [0.2, 0.25) is 0 Å². The third kappa shape index (κ3) is 1.78. The van der Waals surface area contributed by atoms with E-state index < -0.39 is 0 Å². The summed E-state index contributed by atoms with van der Waals surface area (Å²) in [5, 5.41) is 1.32. The van der Waals surface area contributed by atoms with Crippen LogP contribution in [-0.4, -0.2) is 44.2 Å². The molecule has 19 heavy (non-hydrogen) atoms. The van der Waals surface area contributed by atoms with Gasteiger partial charge in [-0.25, -0.2) is 0 Å². The molecule has 1 aromatic heterocycles. The lowest BCUT2D eigenvalue weighted by atomic mass is 9.88. The minimum Gasteiger partial charge on any atom is -0.493 e. The summed E-state index contributed by atoms with van der Waals surface area (Å²) in [6.07, 6.45) is 4.19. The smallest absolute Gasteiger partial charge is 0.164 e. The van der Waals surface area contributed by atoms with Crippen LogP contribution in [0.15, 0.2) is 12.3 Å². The highest BCUT2D eigenvalue weighted by Crippen LogP contribution is 2.42. The van der Waals surface area contributed by atoms with E-state index in [0.29, 0.717) is 6.04 Å². The van der Waals surface area contributed by atoms with Gasteiger partial charge in [0.05, 0.1) is 14.2 Å². The predicted octanol–water partition coefficient (Wildman–Crippen LogP) is 2.21. The van der Waals surface area contributed by atoms with Crippen molar-refractivity contribution in [2.45, 2.75) is 18.9 Å². The van der Waals surface area contributed by atoms with Crippen molar-refractivity contribution in [1.82, 2.24) is 9.88 Å². The van der Waals surface area contributed by atoms with Crippen LogP contribution < -0.4 is 9.47 Å². The molecule has 0 aliphatic heterocycles. The summed E-state index contributed by atoms with van der Waals surface area (Å²) in [6.45, 7) is 0. The van der Waals surface area contributed by atoms with Gasteiger partial charge in [0.15, 0.2) is 11.5 Å². The van der Waals surface area contributed by atoms with Gasteiger partial charge in [-0.1, -0.05) is 0 Å². The van der Waals surface area contributed by atoms with Crippen LogP contribution in [0.5, 0.6) is 11.5 Å². The largest absolute Gasteiger partial charge is 0.493 e. The van der Waals surface area contributed by atoms with E-state index in [4.69, 9.17) is 9.47 Å². The summed E-state index contributed by atoms with van der Waals surface area (Å²) in [4.78, 5) is 5.63. The standard InChI is InChI=1S/C15H20N2O2/c1-17(2)10-5-9-8-16-12-7-13(18-3)15(19-4)11(6-10)14(9)12/h7-8,10,16H,5-6H2,1-4H3. The van der Waals surface area contributed by atoms with Crippen LogP contribution in [-0.2, 0) is 12.8 Å². The van der Waals surface area contributed by atoms with Crippen LogP contribution >= 0.6 is 0 Å². The van der Waals surface area contributed by atoms with Crippen LogP contribution in [0, 0.1) is 0 Å². The number of ether oxygens (including phenoxy) is 2. The third-order valence-electron chi connectivity index (χ3n) is 4.12. The molecule has 0 bridgehead atoms. The first-order valence-electron chi connectivity index (χ1n) is 6.56. The van der Waals surface area contributed by atoms with Crippen molar-refractivity contribution in [3.63, 3.8) is 0 Å².